The van der Waals surface area contributed by atoms with E-state index in [9.17, 15) is 0 Å². The smallest absolute Gasteiger partial charge is 0.164 e. The standard InChI is InChI=1S/C8H14N4/c1-12-6-10-8(11-12)5-9-4-7-2-3-7/h6-7,9H,2-5H2,1H3. The van der Waals surface area contributed by atoms with Crippen LogP contribution in [0.5, 0.6) is 0 Å². The third-order valence-electron chi connectivity index (χ3n) is 2.06. The minimum absolute atomic E-state index is 0.803. The highest BCUT2D eigenvalue weighted by Crippen LogP contribution is 2.27. The molecule has 2 rings (SSSR count). The van der Waals surface area contributed by atoms with Crippen LogP contribution in [0.3, 0.4) is 0 Å². The minimum atomic E-state index is 0.803. The average molecular weight is 166 g/mol. The lowest BCUT2D eigenvalue weighted by atomic mass is 10.4. The van der Waals surface area contributed by atoms with Gasteiger partial charge in [0.2, 0.25) is 0 Å². The van der Waals surface area contributed by atoms with Crippen molar-refractivity contribution in [3.63, 3.8) is 0 Å². The summed E-state index contributed by atoms with van der Waals surface area (Å²) < 4.78 is 1.73. The Bertz CT molecular complexity index is 251. The Hall–Kier alpha value is -0.900. The van der Waals surface area contributed by atoms with Gasteiger partial charge in [-0.2, -0.15) is 5.10 Å². The predicted molar refractivity (Wildman–Crippen MR) is 45.4 cm³/mol. The molecule has 1 aromatic heterocycles. The van der Waals surface area contributed by atoms with Crippen LogP contribution in [-0.4, -0.2) is 21.3 Å². The Balaban J connectivity index is 1.71. The largest absolute Gasteiger partial charge is 0.310 e. The molecule has 66 valence electrons. The maximum atomic E-state index is 4.17. The van der Waals surface area contributed by atoms with Crippen LogP contribution < -0.4 is 5.32 Å². The second-order valence-corrected chi connectivity index (χ2v) is 3.41. The normalized spacial score (nSPS) is 16.8. The molecule has 12 heavy (non-hydrogen) atoms. The summed E-state index contributed by atoms with van der Waals surface area (Å²) in [5.41, 5.74) is 0. The lowest BCUT2D eigenvalue weighted by Gasteiger charge is -1.97. The first-order valence-electron chi connectivity index (χ1n) is 4.40. The highest BCUT2D eigenvalue weighted by atomic mass is 15.3. The summed E-state index contributed by atoms with van der Waals surface area (Å²) >= 11 is 0. The average Bonchev–Trinajstić information content (AvgIpc) is 2.76. The fourth-order valence-electron chi connectivity index (χ4n) is 1.17. The van der Waals surface area contributed by atoms with E-state index in [1.807, 2.05) is 7.05 Å². The zero-order valence-corrected chi connectivity index (χ0v) is 7.32. The summed E-state index contributed by atoms with van der Waals surface area (Å²) in [6.07, 6.45) is 4.51. The summed E-state index contributed by atoms with van der Waals surface area (Å²) in [5.74, 6) is 1.81. The Morgan fingerprint density at radius 2 is 2.50 bits per heavy atom. The third kappa shape index (κ3) is 2.04. The molecule has 1 fully saturated rings. The van der Waals surface area contributed by atoms with Crippen LogP contribution in [-0.2, 0) is 13.6 Å². The number of hydrogen-bond acceptors (Lipinski definition) is 3. The molecule has 1 saturated carbocycles. The number of aryl methyl sites for hydroxylation is 1. The molecular formula is C8H14N4. The van der Waals surface area contributed by atoms with Gasteiger partial charge in [0.25, 0.3) is 0 Å². The van der Waals surface area contributed by atoms with E-state index in [1.54, 1.807) is 11.0 Å². The number of hydrogen-bond donors (Lipinski definition) is 1. The zero-order chi connectivity index (χ0) is 8.39. The third-order valence-corrected chi connectivity index (χ3v) is 2.06. The van der Waals surface area contributed by atoms with Crippen molar-refractivity contribution in [2.24, 2.45) is 13.0 Å². The Kier molecular flexibility index (Phi) is 2.08. The van der Waals surface area contributed by atoms with E-state index in [0.717, 1.165) is 24.8 Å². The topological polar surface area (TPSA) is 42.7 Å². The molecule has 0 spiro atoms. The SMILES string of the molecule is Cn1cnc(CNCC2CC2)n1. The maximum absolute atomic E-state index is 4.17. The first-order valence-corrected chi connectivity index (χ1v) is 4.40. The highest BCUT2D eigenvalue weighted by Gasteiger charge is 2.20. The molecule has 0 bridgehead atoms. The minimum Gasteiger partial charge on any atom is -0.310 e. The van der Waals surface area contributed by atoms with Gasteiger partial charge in [0.1, 0.15) is 6.33 Å². The van der Waals surface area contributed by atoms with E-state index < -0.39 is 0 Å². The van der Waals surface area contributed by atoms with Gasteiger partial charge in [0, 0.05) is 7.05 Å². The number of rotatable bonds is 4. The van der Waals surface area contributed by atoms with Gasteiger partial charge in [0.15, 0.2) is 5.82 Å². The van der Waals surface area contributed by atoms with Crippen LogP contribution >= 0.6 is 0 Å². The first-order chi connectivity index (χ1) is 5.84. The maximum Gasteiger partial charge on any atom is 0.164 e. The van der Waals surface area contributed by atoms with Crippen LogP contribution in [0.25, 0.3) is 0 Å². The van der Waals surface area contributed by atoms with E-state index in [2.05, 4.69) is 15.4 Å². The molecule has 4 nitrogen and oxygen atoms in total. The molecule has 1 heterocycles. The summed E-state index contributed by atoms with van der Waals surface area (Å²) in [6, 6.07) is 0. The van der Waals surface area contributed by atoms with Crippen molar-refractivity contribution >= 4 is 0 Å². The fourth-order valence-corrected chi connectivity index (χ4v) is 1.17. The van der Waals surface area contributed by atoms with Crippen molar-refractivity contribution in [3.05, 3.63) is 12.2 Å². The molecule has 0 radical (unpaired) electrons. The zero-order valence-electron chi connectivity index (χ0n) is 7.32. The number of nitrogens with zero attached hydrogens (tertiary/aromatic N) is 3. The van der Waals surface area contributed by atoms with E-state index >= 15 is 0 Å². The highest BCUT2D eigenvalue weighted by molar-refractivity contribution is 4.82. The lowest BCUT2D eigenvalue weighted by Crippen LogP contribution is -2.17. The second-order valence-electron chi connectivity index (χ2n) is 3.41. The molecule has 1 aliphatic rings. The molecular weight excluding hydrogens is 152 g/mol. The van der Waals surface area contributed by atoms with Gasteiger partial charge in [-0.1, -0.05) is 0 Å². The predicted octanol–water partition coefficient (Wildman–Crippen LogP) is 0.315. The van der Waals surface area contributed by atoms with Crippen molar-refractivity contribution in [2.45, 2.75) is 19.4 Å². The van der Waals surface area contributed by atoms with Crippen LogP contribution in [0.1, 0.15) is 18.7 Å². The van der Waals surface area contributed by atoms with Gasteiger partial charge in [-0.15, -0.1) is 0 Å². The monoisotopic (exact) mass is 166 g/mol. The Morgan fingerprint density at radius 3 is 3.08 bits per heavy atom. The quantitative estimate of drug-likeness (QED) is 0.700. The molecule has 0 aliphatic heterocycles. The molecule has 0 amide bonds. The molecule has 0 aromatic carbocycles. The van der Waals surface area contributed by atoms with E-state index in [0.29, 0.717) is 0 Å². The summed E-state index contributed by atoms with van der Waals surface area (Å²) in [7, 11) is 1.89. The molecule has 0 atom stereocenters. The molecule has 1 aliphatic carbocycles. The van der Waals surface area contributed by atoms with E-state index in [-0.39, 0.29) is 0 Å². The number of aromatic nitrogens is 3. The summed E-state index contributed by atoms with van der Waals surface area (Å²) in [6.45, 7) is 1.93. The van der Waals surface area contributed by atoms with Crippen molar-refractivity contribution in [2.75, 3.05) is 6.54 Å². The molecule has 0 unspecified atom stereocenters. The molecule has 1 aromatic rings. The van der Waals surface area contributed by atoms with E-state index in [1.165, 1.54) is 12.8 Å². The van der Waals surface area contributed by atoms with E-state index in [4.69, 9.17) is 0 Å². The fraction of sp³-hybridized carbons (Fsp3) is 0.750. The van der Waals surface area contributed by atoms with Crippen LogP contribution in [0.4, 0.5) is 0 Å². The Labute approximate surface area is 72.0 Å². The van der Waals surface area contributed by atoms with Crippen molar-refractivity contribution < 1.29 is 0 Å². The van der Waals surface area contributed by atoms with Crippen molar-refractivity contribution in [1.29, 1.82) is 0 Å². The lowest BCUT2D eigenvalue weighted by molar-refractivity contribution is 0.613. The van der Waals surface area contributed by atoms with Crippen molar-refractivity contribution in [1.82, 2.24) is 20.1 Å². The van der Waals surface area contributed by atoms with Crippen LogP contribution in [0, 0.1) is 5.92 Å². The van der Waals surface area contributed by atoms with Crippen LogP contribution in [0.15, 0.2) is 6.33 Å². The van der Waals surface area contributed by atoms with Crippen molar-refractivity contribution in [3.8, 4) is 0 Å². The molecule has 1 N–H and O–H groups in total. The first kappa shape index (κ1) is 7.73. The molecule has 0 saturated heterocycles. The van der Waals surface area contributed by atoms with Crippen LogP contribution in [0.2, 0.25) is 0 Å². The van der Waals surface area contributed by atoms with Gasteiger partial charge >= 0.3 is 0 Å². The van der Waals surface area contributed by atoms with Gasteiger partial charge in [-0.25, -0.2) is 4.98 Å². The second kappa shape index (κ2) is 3.23. The van der Waals surface area contributed by atoms with Gasteiger partial charge < -0.3 is 5.32 Å². The summed E-state index contributed by atoms with van der Waals surface area (Å²) in [5, 5.41) is 7.51. The van der Waals surface area contributed by atoms with Gasteiger partial charge in [-0.3, -0.25) is 4.68 Å². The van der Waals surface area contributed by atoms with Gasteiger partial charge in [-0.05, 0) is 25.3 Å². The number of nitrogens with one attached hydrogen (secondary N) is 1. The molecule has 4 heteroatoms. The Morgan fingerprint density at radius 1 is 1.67 bits per heavy atom. The summed E-state index contributed by atoms with van der Waals surface area (Å²) in [4.78, 5) is 4.12. The van der Waals surface area contributed by atoms with Gasteiger partial charge in [0.05, 0.1) is 6.54 Å².